The van der Waals surface area contributed by atoms with Gasteiger partial charge in [0.15, 0.2) is 0 Å². The van der Waals surface area contributed by atoms with E-state index in [-0.39, 0.29) is 6.42 Å². The number of rotatable bonds is 4. The second kappa shape index (κ2) is 4.56. The van der Waals surface area contributed by atoms with Crippen molar-refractivity contribution in [1.82, 2.24) is 5.48 Å². The molecule has 0 bridgehead atoms. The molecule has 0 saturated carbocycles. The van der Waals surface area contributed by atoms with E-state index >= 15 is 0 Å². The average Bonchev–Trinajstić information content (AvgIpc) is 2.57. The molecule has 4 nitrogen and oxygen atoms in total. The Morgan fingerprint density at radius 3 is 3.17 bits per heavy atom. The fraction of sp³-hybridized carbons (Fsp3) is 0.250. The van der Waals surface area contributed by atoms with Gasteiger partial charge in [0.1, 0.15) is 5.76 Å². The number of hydrogen-bond donors (Lipinski definition) is 2. The van der Waals surface area contributed by atoms with Crippen LogP contribution in [0.15, 0.2) is 22.8 Å². The number of carbonyl (C=O) groups excluding carboxylic acids is 1. The summed E-state index contributed by atoms with van der Waals surface area (Å²) < 4.78 is 5.02. The van der Waals surface area contributed by atoms with Crippen LogP contribution in [0.4, 0.5) is 0 Å². The first-order chi connectivity index (χ1) is 5.83. The van der Waals surface area contributed by atoms with Crippen LogP contribution in [0.25, 0.3) is 0 Å². The van der Waals surface area contributed by atoms with E-state index in [1.807, 2.05) is 6.07 Å². The number of amides is 1. The van der Waals surface area contributed by atoms with Gasteiger partial charge in [0, 0.05) is 12.8 Å². The van der Waals surface area contributed by atoms with E-state index in [4.69, 9.17) is 9.62 Å². The summed E-state index contributed by atoms with van der Waals surface area (Å²) in [7, 11) is 0. The highest BCUT2D eigenvalue weighted by atomic mass is 16.5. The first kappa shape index (κ1) is 8.80. The average molecular weight is 168 g/mol. The van der Waals surface area contributed by atoms with Crippen molar-refractivity contribution in [2.45, 2.75) is 12.8 Å². The molecule has 1 aromatic rings. The molecule has 1 rings (SSSR count). The van der Waals surface area contributed by atoms with Gasteiger partial charge < -0.3 is 4.42 Å². The third-order valence-electron chi connectivity index (χ3n) is 1.38. The molecule has 1 aromatic heterocycles. The Labute approximate surface area is 70.1 Å². The monoisotopic (exact) mass is 168 g/mol. The van der Waals surface area contributed by atoms with Crippen molar-refractivity contribution in [3.63, 3.8) is 0 Å². The van der Waals surface area contributed by atoms with Crippen LogP contribution in [0.1, 0.15) is 12.2 Å². The Bertz CT molecular complexity index is 230. The minimum Gasteiger partial charge on any atom is -0.469 e. The lowest BCUT2D eigenvalue weighted by atomic mass is 10.2. The van der Waals surface area contributed by atoms with E-state index in [1.54, 1.807) is 24.2 Å². The molecule has 0 aliphatic heterocycles. The van der Waals surface area contributed by atoms with E-state index < -0.39 is 5.91 Å². The van der Waals surface area contributed by atoms with Gasteiger partial charge in [-0.3, -0.25) is 10.0 Å². The standard InChI is InChI=1S/C8H10NO3/c10-8(9-11)5-1-3-7-4-2-6-12-7/h1-2,4,6,11H,3,5H2,(H,9,10). The molecule has 65 valence electrons. The van der Waals surface area contributed by atoms with Gasteiger partial charge in [-0.25, -0.2) is 5.48 Å². The SMILES string of the molecule is O=C(C[CH]Cc1ccco1)NO. The van der Waals surface area contributed by atoms with E-state index in [9.17, 15) is 4.79 Å². The van der Waals surface area contributed by atoms with Crippen LogP contribution < -0.4 is 5.48 Å². The van der Waals surface area contributed by atoms with Crippen LogP contribution in [0.3, 0.4) is 0 Å². The lowest BCUT2D eigenvalue weighted by molar-refractivity contribution is -0.128. The number of furan rings is 1. The van der Waals surface area contributed by atoms with Crippen LogP contribution in [0.5, 0.6) is 0 Å². The molecule has 0 fully saturated rings. The Morgan fingerprint density at radius 2 is 2.58 bits per heavy atom. The first-order valence-corrected chi connectivity index (χ1v) is 3.60. The molecule has 1 heterocycles. The molecular weight excluding hydrogens is 158 g/mol. The lowest BCUT2D eigenvalue weighted by Gasteiger charge is -1.95. The molecule has 0 unspecified atom stereocenters. The molecule has 0 aliphatic rings. The third-order valence-corrected chi connectivity index (χ3v) is 1.38. The van der Waals surface area contributed by atoms with Crippen molar-refractivity contribution < 1.29 is 14.4 Å². The molecular formula is C8H10NO3. The van der Waals surface area contributed by atoms with Gasteiger partial charge in [0.2, 0.25) is 5.91 Å². The third kappa shape index (κ3) is 2.75. The largest absolute Gasteiger partial charge is 0.469 e. The van der Waals surface area contributed by atoms with Gasteiger partial charge in [-0.15, -0.1) is 0 Å². The fourth-order valence-corrected chi connectivity index (χ4v) is 0.820. The molecule has 0 spiro atoms. The van der Waals surface area contributed by atoms with Crippen LogP contribution in [0.2, 0.25) is 0 Å². The molecule has 4 heteroatoms. The van der Waals surface area contributed by atoms with Crippen molar-refractivity contribution in [1.29, 1.82) is 0 Å². The first-order valence-electron chi connectivity index (χ1n) is 3.60. The van der Waals surface area contributed by atoms with Gasteiger partial charge in [-0.05, 0) is 18.6 Å². The summed E-state index contributed by atoms with van der Waals surface area (Å²) in [5.41, 5.74) is 1.54. The highest BCUT2D eigenvalue weighted by Gasteiger charge is 2.00. The molecule has 0 aromatic carbocycles. The number of carbonyl (C=O) groups is 1. The zero-order valence-corrected chi connectivity index (χ0v) is 6.49. The fourth-order valence-electron chi connectivity index (χ4n) is 0.820. The summed E-state index contributed by atoms with van der Waals surface area (Å²) >= 11 is 0. The van der Waals surface area contributed by atoms with Gasteiger partial charge >= 0.3 is 0 Å². The highest BCUT2D eigenvalue weighted by Crippen LogP contribution is 2.04. The number of hydrogen-bond acceptors (Lipinski definition) is 3. The number of hydroxylamine groups is 1. The summed E-state index contributed by atoms with van der Waals surface area (Å²) in [4.78, 5) is 10.5. The van der Waals surface area contributed by atoms with Gasteiger partial charge in [0.25, 0.3) is 0 Å². The number of nitrogens with one attached hydrogen (secondary N) is 1. The normalized spacial score (nSPS) is 9.75. The maximum atomic E-state index is 10.5. The molecule has 0 aliphatic carbocycles. The van der Waals surface area contributed by atoms with Crippen molar-refractivity contribution in [2.24, 2.45) is 0 Å². The highest BCUT2D eigenvalue weighted by molar-refractivity contribution is 5.75. The second-order valence-electron chi connectivity index (χ2n) is 2.31. The quantitative estimate of drug-likeness (QED) is 0.519. The predicted octanol–water partition coefficient (Wildman–Crippen LogP) is 0.922. The maximum absolute atomic E-state index is 10.5. The van der Waals surface area contributed by atoms with Crippen molar-refractivity contribution in [2.75, 3.05) is 0 Å². The minimum absolute atomic E-state index is 0.192. The van der Waals surface area contributed by atoms with E-state index in [1.165, 1.54) is 0 Å². The van der Waals surface area contributed by atoms with Crippen molar-refractivity contribution in [3.05, 3.63) is 30.6 Å². The molecule has 2 N–H and O–H groups in total. The zero-order chi connectivity index (χ0) is 8.81. The molecule has 0 saturated heterocycles. The summed E-state index contributed by atoms with van der Waals surface area (Å²) in [5, 5.41) is 8.15. The zero-order valence-electron chi connectivity index (χ0n) is 6.49. The van der Waals surface area contributed by atoms with Crippen molar-refractivity contribution >= 4 is 5.91 Å². The lowest BCUT2D eigenvalue weighted by Crippen LogP contribution is -2.18. The van der Waals surface area contributed by atoms with Gasteiger partial charge in [0.05, 0.1) is 6.26 Å². The Balaban J connectivity index is 2.15. The van der Waals surface area contributed by atoms with Crippen LogP contribution in [-0.2, 0) is 11.2 Å². The van der Waals surface area contributed by atoms with E-state index in [0.717, 1.165) is 5.76 Å². The summed E-state index contributed by atoms with van der Waals surface area (Å²) in [5.74, 6) is 0.391. The molecule has 12 heavy (non-hydrogen) atoms. The summed E-state index contributed by atoms with van der Waals surface area (Å²) in [6.07, 6.45) is 4.09. The van der Waals surface area contributed by atoms with E-state index in [0.29, 0.717) is 6.42 Å². The second-order valence-corrected chi connectivity index (χ2v) is 2.31. The smallest absolute Gasteiger partial charge is 0.243 e. The van der Waals surface area contributed by atoms with Crippen LogP contribution in [-0.4, -0.2) is 11.1 Å². The van der Waals surface area contributed by atoms with E-state index in [2.05, 4.69) is 0 Å². The summed E-state index contributed by atoms with van der Waals surface area (Å²) in [6.45, 7) is 0. The van der Waals surface area contributed by atoms with Crippen LogP contribution in [0, 0.1) is 6.42 Å². The molecule has 0 atom stereocenters. The topological polar surface area (TPSA) is 62.5 Å². The minimum atomic E-state index is -0.415. The van der Waals surface area contributed by atoms with Gasteiger partial charge in [-0.1, -0.05) is 0 Å². The Kier molecular flexibility index (Phi) is 3.35. The summed E-state index contributed by atoms with van der Waals surface area (Å²) in [6, 6.07) is 3.61. The van der Waals surface area contributed by atoms with Crippen LogP contribution >= 0.6 is 0 Å². The predicted molar refractivity (Wildman–Crippen MR) is 41.3 cm³/mol. The molecule has 1 radical (unpaired) electrons. The Morgan fingerprint density at radius 1 is 1.75 bits per heavy atom. The molecule has 1 amide bonds. The maximum Gasteiger partial charge on any atom is 0.243 e. The van der Waals surface area contributed by atoms with Gasteiger partial charge in [-0.2, -0.15) is 0 Å². The van der Waals surface area contributed by atoms with Crippen molar-refractivity contribution in [3.8, 4) is 0 Å². The Hall–Kier alpha value is -1.29.